The van der Waals surface area contributed by atoms with E-state index in [1.807, 2.05) is 63.4 Å². The average Bonchev–Trinajstić information content (AvgIpc) is 3.11. The normalized spacial score (nSPS) is 15.8. The van der Waals surface area contributed by atoms with Crippen LogP contribution in [0.25, 0.3) is 0 Å². The van der Waals surface area contributed by atoms with Crippen LogP contribution < -0.4 is 10.2 Å². The lowest BCUT2D eigenvalue weighted by atomic mass is 10.0. The predicted octanol–water partition coefficient (Wildman–Crippen LogP) is 3.78. The first-order valence-corrected chi connectivity index (χ1v) is 11.5. The second kappa shape index (κ2) is 9.56. The molecule has 0 radical (unpaired) electrons. The number of carbonyl (C=O) groups is 3. The molecule has 1 aliphatic rings. The van der Waals surface area contributed by atoms with Crippen molar-refractivity contribution in [1.82, 2.24) is 4.90 Å². The van der Waals surface area contributed by atoms with Gasteiger partial charge >= 0.3 is 0 Å². The molecule has 3 rings (SSSR count). The number of hydrogen-bond acceptors (Lipinski definition) is 4. The van der Waals surface area contributed by atoms with Gasteiger partial charge < -0.3 is 15.1 Å². The summed E-state index contributed by atoms with van der Waals surface area (Å²) in [4.78, 5) is 42.1. The Labute approximate surface area is 188 Å². The van der Waals surface area contributed by atoms with E-state index in [2.05, 4.69) is 5.32 Å². The van der Waals surface area contributed by atoms with Crippen molar-refractivity contribution >= 4 is 40.9 Å². The number of carbonyl (C=O) groups excluding carboxylic acids is 3. The number of nitrogens with zero attached hydrogens (tertiary/aromatic N) is 2. The highest BCUT2D eigenvalue weighted by Gasteiger charge is 2.36. The molecule has 1 aliphatic heterocycles. The van der Waals surface area contributed by atoms with E-state index < -0.39 is 5.92 Å². The van der Waals surface area contributed by atoms with Crippen LogP contribution in [-0.2, 0) is 14.4 Å². The summed E-state index contributed by atoms with van der Waals surface area (Å²) in [5, 5.41) is 2.92. The zero-order chi connectivity index (χ0) is 22.7. The van der Waals surface area contributed by atoms with Crippen molar-refractivity contribution in [3.05, 3.63) is 53.1 Å². The van der Waals surface area contributed by atoms with Gasteiger partial charge in [-0.1, -0.05) is 17.7 Å². The van der Waals surface area contributed by atoms with Gasteiger partial charge in [-0.15, -0.1) is 11.8 Å². The monoisotopic (exact) mass is 439 g/mol. The fraction of sp³-hybridized carbons (Fsp3) is 0.375. The van der Waals surface area contributed by atoms with E-state index in [4.69, 9.17) is 0 Å². The Morgan fingerprint density at radius 2 is 1.74 bits per heavy atom. The number of anilines is 2. The van der Waals surface area contributed by atoms with Gasteiger partial charge in [0.1, 0.15) is 0 Å². The molecule has 0 aromatic heterocycles. The Kier molecular flexibility index (Phi) is 7.05. The van der Waals surface area contributed by atoms with E-state index in [1.165, 1.54) is 4.90 Å². The Bertz CT molecular complexity index is 981. The molecule has 2 aromatic carbocycles. The first-order chi connectivity index (χ1) is 14.7. The maximum Gasteiger partial charge on any atom is 0.243 e. The van der Waals surface area contributed by atoms with E-state index in [9.17, 15) is 14.4 Å². The highest BCUT2D eigenvalue weighted by Crippen LogP contribution is 2.28. The van der Waals surface area contributed by atoms with Crippen LogP contribution in [0, 0.1) is 26.7 Å². The van der Waals surface area contributed by atoms with Gasteiger partial charge in [0, 0.05) is 36.3 Å². The molecule has 0 spiro atoms. The Morgan fingerprint density at radius 1 is 1.13 bits per heavy atom. The Balaban J connectivity index is 1.61. The third-order valence-electron chi connectivity index (χ3n) is 5.56. The second-order valence-corrected chi connectivity index (χ2v) is 9.00. The molecule has 1 fully saturated rings. The van der Waals surface area contributed by atoms with Crippen LogP contribution in [0.15, 0.2) is 41.3 Å². The smallest absolute Gasteiger partial charge is 0.243 e. The number of rotatable bonds is 6. The SMILES string of the molecule is CSc1ccc(N2CC(C(=O)N(C)CC(=O)Nc3c(C)cc(C)cc3C)CC2=O)cc1. The Hall–Kier alpha value is -2.80. The summed E-state index contributed by atoms with van der Waals surface area (Å²) in [5.74, 6) is -0.962. The number of benzene rings is 2. The molecule has 1 unspecified atom stereocenters. The lowest BCUT2D eigenvalue weighted by Crippen LogP contribution is -2.39. The zero-order valence-corrected chi connectivity index (χ0v) is 19.5. The first-order valence-electron chi connectivity index (χ1n) is 10.3. The van der Waals surface area contributed by atoms with Crippen molar-refractivity contribution in [1.29, 1.82) is 0 Å². The molecule has 6 nitrogen and oxygen atoms in total. The highest BCUT2D eigenvalue weighted by atomic mass is 32.2. The van der Waals surface area contributed by atoms with Crippen LogP contribution in [0.3, 0.4) is 0 Å². The quantitative estimate of drug-likeness (QED) is 0.696. The van der Waals surface area contributed by atoms with Crippen LogP contribution in [0.4, 0.5) is 11.4 Å². The van der Waals surface area contributed by atoms with E-state index in [0.717, 1.165) is 33.0 Å². The third kappa shape index (κ3) is 5.28. The number of hydrogen-bond donors (Lipinski definition) is 1. The van der Waals surface area contributed by atoms with Gasteiger partial charge in [-0.3, -0.25) is 14.4 Å². The highest BCUT2D eigenvalue weighted by molar-refractivity contribution is 7.98. The van der Waals surface area contributed by atoms with E-state index in [0.29, 0.717) is 6.54 Å². The summed E-state index contributed by atoms with van der Waals surface area (Å²) in [6, 6.07) is 11.8. The minimum Gasteiger partial charge on any atom is -0.336 e. The molecule has 1 saturated heterocycles. The van der Waals surface area contributed by atoms with Gasteiger partial charge in [0.25, 0.3) is 0 Å². The molecule has 1 heterocycles. The topological polar surface area (TPSA) is 69.7 Å². The van der Waals surface area contributed by atoms with Crippen LogP contribution in [-0.4, -0.2) is 49.0 Å². The molecule has 0 saturated carbocycles. The molecule has 0 bridgehead atoms. The molecule has 164 valence electrons. The third-order valence-corrected chi connectivity index (χ3v) is 6.30. The van der Waals surface area contributed by atoms with Gasteiger partial charge in [0.2, 0.25) is 17.7 Å². The molecule has 31 heavy (non-hydrogen) atoms. The molecule has 2 aromatic rings. The molecule has 1 N–H and O–H groups in total. The number of likely N-dealkylation sites (N-methyl/N-ethyl adjacent to an activating group) is 1. The van der Waals surface area contributed by atoms with Crippen molar-refractivity contribution < 1.29 is 14.4 Å². The van der Waals surface area contributed by atoms with Crippen molar-refractivity contribution in [2.75, 3.05) is 36.6 Å². The van der Waals surface area contributed by atoms with Crippen molar-refractivity contribution in [2.45, 2.75) is 32.1 Å². The molecular weight excluding hydrogens is 410 g/mol. The van der Waals surface area contributed by atoms with E-state index in [1.54, 1.807) is 23.7 Å². The summed E-state index contributed by atoms with van der Waals surface area (Å²) in [7, 11) is 1.61. The van der Waals surface area contributed by atoms with Crippen LogP contribution in [0.2, 0.25) is 0 Å². The van der Waals surface area contributed by atoms with Crippen LogP contribution in [0.1, 0.15) is 23.1 Å². The molecular formula is C24H29N3O3S. The summed E-state index contributed by atoms with van der Waals surface area (Å²) >= 11 is 1.64. The summed E-state index contributed by atoms with van der Waals surface area (Å²) < 4.78 is 0. The summed E-state index contributed by atoms with van der Waals surface area (Å²) in [6.45, 7) is 6.20. The van der Waals surface area contributed by atoms with Gasteiger partial charge in [0.05, 0.1) is 12.5 Å². The average molecular weight is 440 g/mol. The Morgan fingerprint density at radius 3 is 2.32 bits per heavy atom. The number of thioether (sulfide) groups is 1. The first kappa shape index (κ1) is 22.9. The van der Waals surface area contributed by atoms with Gasteiger partial charge in [-0.25, -0.2) is 0 Å². The molecule has 7 heteroatoms. The standard InChI is InChI=1S/C24H29N3O3S/c1-15-10-16(2)23(17(3)11-15)25-21(28)14-26(4)24(30)18-12-22(29)27(13-18)19-6-8-20(31-5)9-7-19/h6-11,18H,12-14H2,1-5H3,(H,25,28). The second-order valence-electron chi connectivity index (χ2n) is 8.12. The number of aryl methyl sites for hydroxylation is 3. The minimum atomic E-state index is -0.451. The molecule has 0 aliphatic carbocycles. The number of amides is 3. The van der Waals surface area contributed by atoms with Gasteiger partial charge in [-0.2, -0.15) is 0 Å². The van der Waals surface area contributed by atoms with Gasteiger partial charge in [0.15, 0.2) is 0 Å². The zero-order valence-electron chi connectivity index (χ0n) is 18.7. The molecule has 3 amide bonds. The maximum absolute atomic E-state index is 12.9. The summed E-state index contributed by atoms with van der Waals surface area (Å²) in [5.41, 5.74) is 4.70. The van der Waals surface area contributed by atoms with Crippen molar-refractivity contribution in [2.24, 2.45) is 5.92 Å². The number of nitrogens with one attached hydrogen (secondary N) is 1. The fourth-order valence-corrected chi connectivity index (χ4v) is 4.45. The van der Waals surface area contributed by atoms with E-state index in [-0.39, 0.29) is 30.7 Å². The van der Waals surface area contributed by atoms with Crippen molar-refractivity contribution in [3.8, 4) is 0 Å². The molecule has 1 atom stereocenters. The van der Waals surface area contributed by atoms with Crippen molar-refractivity contribution in [3.63, 3.8) is 0 Å². The summed E-state index contributed by atoms with van der Waals surface area (Å²) in [6.07, 6.45) is 2.16. The van der Waals surface area contributed by atoms with Crippen LogP contribution >= 0.6 is 11.8 Å². The van der Waals surface area contributed by atoms with Gasteiger partial charge in [-0.05, 0) is 62.4 Å². The largest absolute Gasteiger partial charge is 0.336 e. The lowest BCUT2D eigenvalue weighted by molar-refractivity contribution is -0.137. The predicted molar refractivity (Wildman–Crippen MR) is 126 cm³/mol. The lowest BCUT2D eigenvalue weighted by Gasteiger charge is -2.22. The minimum absolute atomic E-state index is 0.0568. The fourth-order valence-electron chi connectivity index (χ4n) is 4.05. The van der Waals surface area contributed by atoms with Crippen LogP contribution in [0.5, 0.6) is 0 Å². The van der Waals surface area contributed by atoms with E-state index >= 15 is 0 Å². The maximum atomic E-state index is 12.9.